The quantitative estimate of drug-likeness (QED) is 0.0185. The number of carbonyl (C=O) groups is 2. The molecule has 22 nitrogen and oxygen atoms in total. The lowest BCUT2D eigenvalue weighted by Gasteiger charge is -2.37. The van der Waals surface area contributed by atoms with Crippen molar-refractivity contribution < 1.29 is 84.1 Å². The maximum absolute atomic E-state index is 14.5. The lowest BCUT2D eigenvalue weighted by Crippen LogP contribution is -2.52. The molecule has 0 saturated carbocycles. The van der Waals surface area contributed by atoms with Gasteiger partial charge in [0.25, 0.3) is 0 Å². The average Bonchev–Trinajstić information content (AvgIpc) is 1.34. The van der Waals surface area contributed by atoms with Gasteiger partial charge in [-0.1, -0.05) is 141 Å². The minimum Gasteiger partial charge on any atom is -0.489 e. The van der Waals surface area contributed by atoms with E-state index in [1.54, 1.807) is 53.7 Å². The molecular weight excluding hydrogens is 1390 g/mol. The highest BCUT2D eigenvalue weighted by Crippen LogP contribution is 2.40. The Labute approximate surface area is 619 Å². The molecule has 0 fully saturated rings. The second-order valence-corrected chi connectivity index (χ2v) is 40.1. The van der Waals surface area contributed by atoms with Crippen molar-refractivity contribution in [3.05, 3.63) is 168 Å². The van der Waals surface area contributed by atoms with Gasteiger partial charge in [-0.2, -0.15) is 8.61 Å². The summed E-state index contributed by atoms with van der Waals surface area (Å²) in [6.07, 6.45) is -1.25. The van der Waals surface area contributed by atoms with Crippen LogP contribution >= 0.6 is 0 Å². The number of hydrogen-bond acceptors (Lipinski definition) is 18. The number of benzene rings is 6. The van der Waals surface area contributed by atoms with E-state index in [1.807, 2.05) is 137 Å². The summed E-state index contributed by atoms with van der Waals surface area (Å²) in [5, 5.41) is 38.8. The van der Waals surface area contributed by atoms with Crippen LogP contribution in [0.15, 0.2) is 155 Å². The summed E-state index contributed by atoms with van der Waals surface area (Å²) in [4.78, 5) is 26.1. The second-order valence-electron chi connectivity index (χ2n) is 31.4. The Morgan fingerprint density at radius 2 is 0.875 bits per heavy atom. The molecule has 25 heteroatoms. The van der Waals surface area contributed by atoms with Crippen molar-refractivity contribution in [2.24, 2.45) is 10.8 Å². The minimum absolute atomic E-state index is 0. The van der Waals surface area contributed by atoms with Crippen LogP contribution < -0.4 is 39.1 Å². The number of nitrogens with one attached hydrogen (secondary N) is 2. The number of aliphatic hydroxyl groups excluding tert-OH is 3. The molecular formula is C79H114N4O18S2Si. The van der Waals surface area contributed by atoms with E-state index in [4.69, 9.17) is 42.3 Å². The second kappa shape index (κ2) is 37.2. The zero-order chi connectivity index (χ0) is 75.6. The van der Waals surface area contributed by atoms with Gasteiger partial charge in [-0.3, -0.25) is 0 Å². The highest BCUT2D eigenvalue weighted by Gasteiger charge is 2.40. The van der Waals surface area contributed by atoms with E-state index in [0.29, 0.717) is 73.6 Å². The summed E-state index contributed by atoms with van der Waals surface area (Å²) in [6, 6.07) is 41.5. The molecule has 6 aromatic rings. The van der Waals surface area contributed by atoms with Crippen molar-refractivity contribution in [3.8, 4) is 34.5 Å². The molecule has 2 amide bonds. The SMILES string of the molecule is C.CC(C)(CCCO)CN(C[C@@H](O)[C@H](Cc1ccc(OCc2ccccc2)cc1)NC(=O)OC(C)(C)C)S(=O)(=O)c1ccc2c(c1)OCO2.CC(C)(CCCO[Si](C)(C)C(C)(C)C)CN(C[C@@H](O)[C@H](Cc1ccc(OCc2ccccc2)cc1)NC(=O)OC(C)(C)C)S(=O)(=O)c1ccc2c(c1)OCO2. The number of carbonyl (C=O) groups excluding carboxylic acids is 2. The highest BCUT2D eigenvalue weighted by molar-refractivity contribution is 7.89. The predicted molar refractivity (Wildman–Crippen MR) is 406 cm³/mol. The zero-order valence-electron chi connectivity index (χ0n) is 62.7. The maximum atomic E-state index is 14.5. The highest BCUT2D eigenvalue weighted by atomic mass is 32.2. The van der Waals surface area contributed by atoms with Gasteiger partial charge in [0.1, 0.15) is 35.9 Å². The lowest BCUT2D eigenvalue weighted by molar-refractivity contribution is 0.0384. The third-order valence-corrected chi connectivity index (χ3v) is 26.0. The van der Waals surface area contributed by atoms with E-state index < -0.39 is 86.9 Å². The first kappa shape index (κ1) is 85.5. The van der Waals surface area contributed by atoms with Crippen LogP contribution in [0.5, 0.6) is 34.5 Å². The Morgan fingerprint density at radius 3 is 1.23 bits per heavy atom. The van der Waals surface area contributed by atoms with Crippen molar-refractivity contribution in [1.82, 2.24) is 19.2 Å². The largest absolute Gasteiger partial charge is 0.489 e. The third kappa shape index (κ3) is 26.8. The number of hydrogen-bond donors (Lipinski definition) is 5. The van der Waals surface area contributed by atoms with Gasteiger partial charge in [0, 0.05) is 51.5 Å². The van der Waals surface area contributed by atoms with Crippen LogP contribution in [-0.4, -0.2) is 150 Å². The van der Waals surface area contributed by atoms with Crippen molar-refractivity contribution in [2.75, 3.05) is 53.0 Å². The normalized spacial score (nSPS) is 14.5. The van der Waals surface area contributed by atoms with Crippen LogP contribution in [0.2, 0.25) is 18.1 Å². The molecule has 0 saturated heterocycles. The Bertz CT molecular complexity index is 3900. The predicted octanol–water partition coefficient (Wildman–Crippen LogP) is 14.2. The molecule has 0 radical (unpaired) electrons. The molecule has 2 aliphatic heterocycles. The number of fused-ring (bicyclic) bond motifs is 2. The smallest absolute Gasteiger partial charge is 0.407 e. The molecule has 0 unspecified atom stereocenters. The first-order chi connectivity index (χ1) is 48.2. The first-order valence-electron chi connectivity index (χ1n) is 35.1. The van der Waals surface area contributed by atoms with Crippen LogP contribution in [-0.2, 0) is 60.0 Å². The summed E-state index contributed by atoms with van der Waals surface area (Å²) in [7, 11) is -10.3. The number of rotatable bonds is 34. The molecule has 2 aliphatic rings. The molecule has 0 aromatic heterocycles. The molecule has 4 atom stereocenters. The van der Waals surface area contributed by atoms with Gasteiger partial charge >= 0.3 is 12.2 Å². The minimum atomic E-state index is -4.17. The van der Waals surface area contributed by atoms with Gasteiger partial charge in [-0.05, 0) is 180 Å². The molecule has 104 heavy (non-hydrogen) atoms. The Morgan fingerprint density at radius 1 is 0.510 bits per heavy atom. The number of sulfonamides is 2. The Kier molecular flexibility index (Phi) is 30.6. The van der Waals surface area contributed by atoms with Crippen molar-refractivity contribution in [2.45, 2.75) is 213 Å². The van der Waals surface area contributed by atoms with Gasteiger partial charge in [-0.15, -0.1) is 0 Å². The van der Waals surface area contributed by atoms with Crippen LogP contribution in [0.25, 0.3) is 0 Å². The van der Waals surface area contributed by atoms with E-state index in [0.717, 1.165) is 28.7 Å². The van der Waals surface area contributed by atoms with Gasteiger partial charge in [0.15, 0.2) is 31.3 Å². The van der Waals surface area contributed by atoms with Gasteiger partial charge < -0.3 is 68.3 Å². The number of alkyl carbamates (subject to hydrolysis) is 2. The van der Waals surface area contributed by atoms with Crippen molar-refractivity contribution in [1.29, 1.82) is 0 Å². The molecule has 8 rings (SSSR count). The van der Waals surface area contributed by atoms with Gasteiger partial charge in [-0.25, -0.2) is 26.4 Å². The summed E-state index contributed by atoms with van der Waals surface area (Å²) >= 11 is 0. The molecule has 0 bridgehead atoms. The molecule has 5 N–H and O–H groups in total. The van der Waals surface area contributed by atoms with Crippen LogP contribution in [0.3, 0.4) is 0 Å². The fraction of sp³-hybridized carbons (Fsp3) is 0.519. The summed E-state index contributed by atoms with van der Waals surface area (Å²) in [5.41, 5.74) is 1.05. The maximum Gasteiger partial charge on any atom is 0.407 e. The molecule has 0 aliphatic carbocycles. The molecule has 6 aromatic carbocycles. The summed E-state index contributed by atoms with van der Waals surface area (Å²) < 4.78 is 111. The summed E-state index contributed by atoms with van der Waals surface area (Å²) in [6.45, 7) is 30.3. The average molecular weight is 1500 g/mol. The van der Waals surface area contributed by atoms with Crippen LogP contribution in [0.1, 0.15) is 145 Å². The summed E-state index contributed by atoms with van der Waals surface area (Å²) in [5.74, 6) is 2.89. The van der Waals surface area contributed by atoms with Crippen molar-refractivity contribution in [3.63, 3.8) is 0 Å². The molecule has 2 heterocycles. The van der Waals surface area contributed by atoms with E-state index in [9.17, 15) is 41.7 Å². The number of aliphatic hydroxyl groups is 3. The van der Waals surface area contributed by atoms with Gasteiger partial charge in [0.05, 0.1) is 34.1 Å². The van der Waals surface area contributed by atoms with Crippen molar-refractivity contribution >= 4 is 40.6 Å². The third-order valence-electron chi connectivity index (χ3n) is 17.8. The van der Waals surface area contributed by atoms with Gasteiger partial charge in [0.2, 0.25) is 33.6 Å². The monoisotopic (exact) mass is 1500 g/mol. The number of nitrogens with zero attached hydrogens (tertiary/aromatic N) is 2. The molecule has 574 valence electrons. The van der Waals surface area contributed by atoms with E-state index in [2.05, 4.69) is 44.5 Å². The van der Waals surface area contributed by atoms with Crippen LogP contribution in [0.4, 0.5) is 9.59 Å². The number of ether oxygens (including phenoxy) is 8. The fourth-order valence-electron chi connectivity index (χ4n) is 11.2. The van der Waals surface area contributed by atoms with E-state index >= 15 is 0 Å². The topological polar surface area (TPSA) is 277 Å². The van der Waals surface area contributed by atoms with Crippen LogP contribution in [0, 0.1) is 10.8 Å². The number of amides is 2. The first-order valence-corrected chi connectivity index (χ1v) is 40.9. The lowest BCUT2D eigenvalue weighted by atomic mass is 9.87. The Balaban J connectivity index is 0.000000326. The Hall–Kier alpha value is -7.46. The van der Waals surface area contributed by atoms with E-state index in [1.165, 1.54) is 32.9 Å². The fourth-order valence-corrected chi connectivity index (χ4v) is 15.6. The zero-order valence-corrected chi connectivity index (χ0v) is 65.3. The van der Waals surface area contributed by atoms with E-state index in [-0.39, 0.29) is 81.5 Å². The standard InChI is InChI=1S/C42H62N2O9SSi.C36H48N2O9S.CH4/c1-40(2,3)53-39(46)43-35(25-31-17-19-33(20-18-31)49-28-32-15-12-11-13-16-32)36(45)27-44(54(47,48)34-21-22-37-38(26-34)51-30-50-37)29-42(7,8)23-14-24-52-55(9,10)41(4,5)6;1-35(2,3)47-34(41)37-30(20-26-12-14-28(15-13-26)44-23-27-10-7-6-8-11-27)31(40)22-38(24-36(4,5)18-9-19-39)48(42,43)29-16-17-32-33(21-29)46-25-45-32;/h11-13,15-22,26,35-36,45H,14,23-25,27-30H2,1-10H3,(H,43,46);6-8,10-17,21,30-31,39-40H,9,18-20,22-25H2,1-5H3,(H,37,41);1H4/t35-,36+;30-,31+;/m00./s1. The molecule has 0 spiro atoms.